The molecule has 0 aliphatic carbocycles. The molecule has 1 rings (SSSR count). The van der Waals surface area contributed by atoms with Crippen LogP contribution in [0.15, 0.2) is 34.3 Å². The molecule has 0 aliphatic heterocycles. The summed E-state index contributed by atoms with van der Waals surface area (Å²) in [7, 11) is -2.24. The highest BCUT2D eigenvalue weighted by Crippen LogP contribution is 2.35. The molecule has 1 aromatic rings. The predicted molar refractivity (Wildman–Crippen MR) is 81.3 cm³/mol. The van der Waals surface area contributed by atoms with Crippen LogP contribution in [0.25, 0.3) is 0 Å². The highest BCUT2D eigenvalue weighted by atomic mass is 31.2. The van der Waals surface area contributed by atoms with Gasteiger partial charge in [-0.25, -0.2) is 4.99 Å². The lowest BCUT2D eigenvalue weighted by Gasteiger charge is -2.10. The molecule has 0 amide bonds. The molecule has 1 aromatic carbocycles. The first-order chi connectivity index (χ1) is 8.47. The van der Waals surface area contributed by atoms with E-state index in [0.717, 1.165) is 11.0 Å². The molecule has 0 fully saturated rings. The molecule has 0 spiro atoms. The number of hydrogen-bond acceptors (Lipinski definition) is 2. The van der Waals surface area contributed by atoms with Crippen LogP contribution in [0.5, 0.6) is 0 Å². The summed E-state index contributed by atoms with van der Waals surface area (Å²) in [6.45, 7) is 7.99. The van der Waals surface area contributed by atoms with Crippen LogP contribution in [0, 0.1) is 0 Å². The third-order valence-corrected chi connectivity index (χ3v) is 3.81. The minimum Gasteiger partial charge on any atom is -0.324 e. The van der Waals surface area contributed by atoms with Crippen molar-refractivity contribution >= 4 is 30.3 Å². The largest absolute Gasteiger partial charge is 0.324 e. The Labute approximate surface area is 109 Å². The molecule has 0 heterocycles. The standard InChI is InChI=1S/C13H20N3OP/c1-5-14-13(15-6-2)16-11-8-7-9-12(10-11)18(3,4)17/h5,7-10H,6H2,1-4H3,(H,15,16)/b14-5-. The smallest absolute Gasteiger partial charge is 0.222 e. The second-order valence-corrected chi connectivity index (χ2v) is 7.43. The number of nitrogens with zero attached hydrogens (tertiary/aromatic N) is 2. The average Bonchev–Trinajstić information content (AvgIpc) is 2.29. The first-order valence-electron chi connectivity index (χ1n) is 5.93. The van der Waals surface area contributed by atoms with Gasteiger partial charge in [-0.15, -0.1) is 0 Å². The van der Waals surface area contributed by atoms with E-state index in [1.807, 2.05) is 38.1 Å². The third kappa shape index (κ3) is 4.46. The van der Waals surface area contributed by atoms with Gasteiger partial charge < -0.3 is 9.88 Å². The van der Waals surface area contributed by atoms with E-state index in [-0.39, 0.29) is 0 Å². The molecular formula is C13H20N3OP. The van der Waals surface area contributed by atoms with Crippen LogP contribution in [-0.2, 0) is 4.57 Å². The highest BCUT2D eigenvalue weighted by molar-refractivity contribution is 7.70. The zero-order valence-electron chi connectivity index (χ0n) is 11.3. The van der Waals surface area contributed by atoms with Gasteiger partial charge in [-0.05, 0) is 39.3 Å². The van der Waals surface area contributed by atoms with Gasteiger partial charge in [-0.2, -0.15) is 0 Å². The highest BCUT2D eigenvalue weighted by Gasteiger charge is 2.11. The van der Waals surface area contributed by atoms with Crippen molar-refractivity contribution in [3.05, 3.63) is 24.3 Å². The van der Waals surface area contributed by atoms with E-state index in [1.54, 1.807) is 19.5 Å². The van der Waals surface area contributed by atoms with Gasteiger partial charge in [0.2, 0.25) is 5.96 Å². The zero-order valence-corrected chi connectivity index (χ0v) is 12.2. The molecule has 4 nitrogen and oxygen atoms in total. The minimum absolute atomic E-state index is 0.569. The summed E-state index contributed by atoms with van der Waals surface area (Å²) in [6.07, 6.45) is 1.69. The molecule has 0 aliphatic rings. The van der Waals surface area contributed by atoms with E-state index in [0.29, 0.717) is 12.5 Å². The maximum absolute atomic E-state index is 12.0. The Balaban J connectivity index is 2.98. The Morgan fingerprint density at radius 3 is 2.72 bits per heavy atom. The van der Waals surface area contributed by atoms with Crippen LogP contribution < -0.4 is 10.6 Å². The van der Waals surface area contributed by atoms with Gasteiger partial charge in [0, 0.05) is 23.8 Å². The first kappa shape index (κ1) is 14.7. The molecule has 0 aromatic heterocycles. The van der Waals surface area contributed by atoms with E-state index in [1.165, 1.54) is 0 Å². The van der Waals surface area contributed by atoms with Gasteiger partial charge in [0.1, 0.15) is 7.14 Å². The number of rotatable bonds is 3. The Kier molecular flexibility index (Phi) is 5.29. The fourth-order valence-electron chi connectivity index (χ4n) is 1.43. The molecular weight excluding hydrogens is 245 g/mol. The van der Waals surface area contributed by atoms with Crippen molar-refractivity contribution in [2.45, 2.75) is 13.8 Å². The molecule has 0 unspecified atom stereocenters. The van der Waals surface area contributed by atoms with Crippen LogP contribution in [0.1, 0.15) is 13.8 Å². The Hall–Kier alpha value is -1.41. The minimum atomic E-state index is -2.24. The van der Waals surface area contributed by atoms with E-state index < -0.39 is 7.14 Å². The van der Waals surface area contributed by atoms with Crippen molar-refractivity contribution < 1.29 is 4.57 Å². The summed E-state index contributed by atoms with van der Waals surface area (Å²) >= 11 is 0. The van der Waals surface area contributed by atoms with Gasteiger partial charge in [-0.1, -0.05) is 12.1 Å². The summed E-state index contributed by atoms with van der Waals surface area (Å²) in [5, 5.41) is 3.98. The number of hydrogen-bond donors (Lipinski definition) is 1. The second kappa shape index (κ2) is 6.50. The molecule has 0 saturated heterocycles. The Morgan fingerprint density at radius 2 is 2.17 bits per heavy atom. The molecule has 1 N–H and O–H groups in total. The fraction of sp³-hybridized carbons (Fsp3) is 0.385. The van der Waals surface area contributed by atoms with Crippen molar-refractivity contribution in [1.29, 1.82) is 0 Å². The Morgan fingerprint density at radius 1 is 1.44 bits per heavy atom. The summed E-state index contributed by atoms with van der Waals surface area (Å²) < 4.78 is 12.0. The lowest BCUT2D eigenvalue weighted by Crippen LogP contribution is -2.12. The molecule has 0 radical (unpaired) electrons. The van der Waals surface area contributed by atoms with Crippen LogP contribution in [0.2, 0.25) is 0 Å². The van der Waals surface area contributed by atoms with E-state index >= 15 is 0 Å². The first-order valence-corrected chi connectivity index (χ1v) is 8.53. The molecule has 98 valence electrons. The number of aliphatic imine (C=N–C) groups is 2. The number of anilines is 1. The van der Waals surface area contributed by atoms with Gasteiger partial charge in [0.15, 0.2) is 0 Å². The lowest BCUT2D eigenvalue weighted by molar-refractivity contribution is 0.588. The van der Waals surface area contributed by atoms with Gasteiger partial charge in [0.25, 0.3) is 0 Å². The fourth-order valence-corrected chi connectivity index (χ4v) is 2.33. The van der Waals surface area contributed by atoms with Crippen LogP contribution in [0.3, 0.4) is 0 Å². The lowest BCUT2D eigenvalue weighted by atomic mass is 10.3. The summed E-state index contributed by atoms with van der Waals surface area (Å²) in [4.78, 5) is 8.39. The quantitative estimate of drug-likeness (QED) is 0.519. The predicted octanol–water partition coefficient (Wildman–Crippen LogP) is 2.81. The average molecular weight is 265 g/mol. The van der Waals surface area contributed by atoms with E-state index in [2.05, 4.69) is 15.3 Å². The van der Waals surface area contributed by atoms with Crippen LogP contribution in [0.4, 0.5) is 5.69 Å². The maximum Gasteiger partial charge on any atom is 0.222 e. The number of benzene rings is 1. The van der Waals surface area contributed by atoms with Gasteiger partial charge in [0.05, 0.1) is 0 Å². The number of nitrogens with one attached hydrogen (secondary N) is 1. The molecule has 0 saturated carbocycles. The number of guanidine groups is 1. The van der Waals surface area contributed by atoms with Gasteiger partial charge in [-0.3, -0.25) is 4.99 Å². The monoisotopic (exact) mass is 265 g/mol. The van der Waals surface area contributed by atoms with Crippen molar-refractivity contribution in [2.24, 2.45) is 9.98 Å². The Bertz CT molecular complexity index is 503. The van der Waals surface area contributed by atoms with Crippen molar-refractivity contribution in [1.82, 2.24) is 0 Å². The molecule has 5 heteroatoms. The van der Waals surface area contributed by atoms with Crippen molar-refractivity contribution in [2.75, 3.05) is 25.2 Å². The van der Waals surface area contributed by atoms with Crippen molar-refractivity contribution in [3.8, 4) is 0 Å². The second-order valence-electron chi connectivity index (χ2n) is 4.21. The summed E-state index contributed by atoms with van der Waals surface area (Å²) in [5.41, 5.74) is 0.856. The maximum atomic E-state index is 12.0. The normalized spacial score (nSPS) is 13.0. The molecule has 0 bridgehead atoms. The van der Waals surface area contributed by atoms with Crippen LogP contribution in [-0.4, -0.2) is 32.0 Å². The summed E-state index contributed by atoms with van der Waals surface area (Å²) in [6, 6.07) is 7.56. The van der Waals surface area contributed by atoms with Gasteiger partial charge >= 0.3 is 0 Å². The van der Waals surface area contributed by atoms with Crippen molar-refractivity contribution in [3.63, 3.8) is 0 Å². The third-order valence-electron chi connectivity index (χ3n) is 2.28. The summed E-state index contributed by atoms with van der Waals surface area (Å²) in [5.74, 6) is 0.569. The molecule has 18 heavy (non-hydrogen) atoms. The SMILES string of the molecule is C/C=N\C(=NCC)Nc1cccc(P(C)(C)=O)c1. The topological polar surface area (TPSA) is 53.8 Å². The molecule has 0 atom stereocenters. The van der Waals surface area contributed by atoms with E-state index in [4.69, 9.17) is 0 Å². The van der Waals surface area contributed by atoms with E-state index in [9.17, 15) is 4.57 Å². The zero-order chi connectivity index (χ0) is 13.6. The van der Waals surface area contributed by atoms with Crippen LogP contribution >= 0.6 is 7.14 Å².